The number of benzene rings is 1. The SMILES string of the molecule is CCC(C)C(N)C(=O)NCCCCN1CCC(Cc2ccccc2)CC1.Cl. The van der Waals surface area contributed by atoms with Gasteiger partial charge in [-0.2, -0.15) is 0 Å². The molecule has 4 nitrogen and oxygen atoms in total. The average Bonchev–Trinajstić information content (AvgIpc) is 2.68. The minimum atomic E-state index is -0.372. The largest absolute Gasteiger partial charge is 0.355 e. The van der Waals surface area contributed by atoms with E-state index in [0.717, 1.165) is 38.3 Å². The zero-order valence-electron chi connectivity index (χ0n) is 17.0. The van der Waals surface area contributed by atoms with Gasteiger partial charge in [0.1, 0.15) is 0 Å². The van der Waals surface area contributed by atoms with E-state index in [4.69, 9.17) is 5.73 Å². The van der Waals surface area contributed by atoms with Crippen LogP contribution in [-0.4, -0.2) is 43.0 Å². The van der Waals surface area contributed by atoms with E-state index in [2.05, 4.69) is 47.5 Å². The molecule has 0 aromatic heterocycles. The number of unbranched alkanes of at least 4 members (excludes halogenated alkanes) is 1. The second-order valence-corrected chi connectivity index (χ2v) is 7.88. The Morgan fingerprint density at radius 2 is 1.89 bits per heavy atom. The number of halogens is 1. The van der Waals surface area contributed by atoms with Gasteiger partial charge in [0.05, 0.1) is 6.04 Å². The summed E-state index contributed by atoms with van der Waals surface area (Å²) in [4.78, 5) is 14.5. The van der Waals surface area contributed by atoms with Crippen molar-refractivity contribution in [2.75, 3.05) is 26.2 Å². The Morgan fingerprint density at radius 1 is 1.22 bits per heavy atom. The molecule has 0 radical (unpaired) electrons. The molecule has 0 spiro atoms. The standard InChI is InChI=1S/C22H37N3O.ClH/c1-3-18(2)21(23)22(26)24-13-7-8-14-25-15-11-20(12-16-25)17-19-9-5-4-6-10-19;/h4-6,9-10,18,20-21H,3,7-8,11-17,23H2,1-2H3,(H,24,26);1H. The van der Waals surface area contributed by atoms with Crippen LogP contribution < -0.4 is 11.1 Å². The van der Waals surface area contributed by atoms with Crippen LogP contribution in [0.5, 0.6) is 0 Å². The van der Waals surface area contributed by atoms with Gasteiger partial charge in [0.25, 0.3) is 0 Å². The van der Waals surface area contributed by atoms with Crippen LogP contribution >= 0.6 is 12.4 Å². The van der Waals surface area contributed by atoms with Crippen LogP contribution in [0.4, 0.5) is 0 Å². The number of nitrogens with zero attached hydrogens (tertiary/aromatic N) is 1. The first-order valence-corrected chi connectivity index (χ1v) is 10.4. The summed E-state index contributed by atoms with van der Waals surface area (Å²) in [7, 11) is 0. The predicted octanol–water partition coefficient (Wildman–Crippen LogP) is 3.63. The lowest BCUT2D eigenvalue weighted by molar-refractivity contribution is -0.123. The molecular weight excluding hydrogens is 358 g/mol. The number of carbonyl (C=O) groups is 1. The molecule has 3 N–H and O–H groups in total. The summed E-state index contributed by atoms with van der Waals surface area (Å²) in [6.07, 6.45) is 6.93. The molecule has 0 saturated carbocycles. The maximum atomic E-state index is 11.9. The summed E-state index contributed by atoms with van der Waals surface area (Å²) in [5, 5.41) is 2.99. The molecule has 1 saturated heterocycles. The highest BCUT2D eigenvalue weighted by atomic mass is 35.5. The molecule has 5 heteroatoms. The van der Waals surface area contributed by atoms with Crippen LogP contribution in [0, 0.1) is 11.8 Å². The smallest absolute Gasteiger partial charge is 0.237 e. The third kappa shape index (κ3) is 8.63. The van der Waals surface area contributed by atoms with Crippen LogP contribution in [0.2, 0.25) is 0 Å². The Kier molecular flexibility index (Phi) is 11.7. The Morgan fingerprint density at radius 3 is 2.52 bits per heavy atom. The highest BCUT2D eigenvalue weighted by molar-refractivity contribution is 5.85. The summed E-state index contributed by atoms with van der Waals surface area (Å²) in [6, 6.07) is 10.5. The number of nitrogens with one attached hydrogen (secondary N) is 1. The van der Waals surface area contributed by atoms with Crippen molar-refractivity contribution in [3.8, 4) is 0 Å². The lowest BCUT2D eigenvalue weighted by Crippen LogP contribution is -2.45. The molecular formula is C22H38ClN3O. The normalized spacial score (nSPS) is 17.7. The van der Waals surface area contributed by atoms with Gasteiger partial charge in [0.2, 0.25) is 5.91 Å². The van der Waals surface area contributed by atoms with Crippen LogP contribution in [-0.2, 0) is 11.2 Å². The quantitative estimate of drug-likeness (QED) is 0.594. The van der Waals surface area contributed by atoms with E-state index in [1.807, 2.05) is 6.92 Å². The molecule has 2 atom stereocenters. The number of hydrogen-bond acceptors (Lipinski definition) is 3. The predicted molar refractivity (Wildman–Crippen MR) is 116 cm³/mol. The van der Waals surface area contributed by atoms with Crippen molar-refractivity contribution in [2.24, 2.45) is 17.6 Å². The fourth-order valence-electron chi connectivity index (χ4n) is 3.66. The van der Waals surface area contributed by atoms with E-state index < -0.39 is 0 Å². The van der Waals surface area contributed by atoms with Gasteiger partial charge in [-0.3, -0.25) is 4.79 Å². The lowest BCUT2D eigenvalue weighted by atomic mass is 9.90. The molecule has 1 heterocycles. The van der Waals surface area contributed by atoms with E-state index in [-0.39, 0.29) is 30.3 Å². The van der Waals surface area contributed by atoms with Gasteiger partial charge >= 0.3 is 0 Å². The summed E-state index contributed by atoms with van der Waals surface area (Å²) in [5.41, 5.74) is 7.42. The third-order valence-corrected chi connectivity index (χ3v) is 5.83. The molecule has 1 aliphatic heterocycles. The zero-order chi connectivity index (χ0) is 18.8. The van der Waals surface area contributed by atoms with Gasteiger partial charge in [-0.1, -0.05) is 50.6 Å². The van der Waals surface area contributed by atoms with Crippen molar-refractivity contribution in [2.45, 2.75) is 58.4 Å². The van der Waals surface area contributed by atoms with Gasteiger partial charge in [-0.15, -0.1) is 12.4 Å². The molecule has 1 aromatic carbocycles. The van der Waals surface area contributed by atoms with Gasteiger partial charge in [-0.05, 0) is 69.1 Å². The van der Waals surface area contributed by atoms with Crippen molar-refractivity contribution < 1.29 is 4.79 Å². The Labute approximate surface area is 171 Å². The highest BCUT2D eigenvalue weighted by Crippen LogP contribution is 2.21. The Bertz CT molecular complexity index is 518. The van der Waals surface area contributed by atoms with Crippen LogP contribution in [0.15, 0.2) is 30.3 Å². The molecule has 1 aliphatic rings. The summed E-state index contributed by atoms with van der Waals surface area (Å²) < 4.78 is 0. The van der Waals surface area contributed by atoms with Gasteiger partial charge in [0.15, 0.2) is 0 Å². The van der Waals surface area contributed by atoms with E-state index in [9.17, 15) is 4.79 Å². The molecule has 2 rings (SSSR count). The van der Waals surface area contributed by atoms with Crippen LogP contribution in [0.1, 0.15) is 51.5 Å². The summed E-state index contributed by atoms with van der Waals surface area (Å²) in [6.45, 7) is 8.41. The van der Waals surface area contributed by atoms with Gasteiger partial charge in [-0.25, -0.2) is 0 Å². The number of rotatable bonds is 10. The summed E-state index contributed by atoms with van der Waals surface area (Å²) in [5.74, 6) is 1.07. The van der Waals surface area contributed by atoms with Crippen molar-refractivity contribution >= 4 is 18.3 Å². The minimum absolute atomic E-state index is 0. The van der Waals surface area contributed by atoms with Crippen LogP contribution in [0.25, 0.3) is 0 Å². The highest BCUT2D eigenvalue weighted by Gasteiger charge is 2.20. The van der Waals surface area contributed by atoms with Gasteiger partial charge < -0.3 is 16.0 Å². The fraction of sp³-hybridized carbons (Fsp3) is 0.682. The summed E-state index contributed by atoms with van der Waals surface area (Å²) >= 11 is 0. The molecule has 1 aromatic rings. The van der Waals surface area contributed by atoms with Crippen LogP contribution in [0.3, 0.4) is 0 Å². The molecule has 1 fully saturated rings. The second-order valence-electron chi connectivity index (χ2n) is 7.88. The Balaban J connectivity index is 0.00000364. The minimum Gasteiger partial charge on any atom is -0.355 e. The third-order valence-electron chi connectivity index (χ3n) is 5.83. The first kappa shape index (κ1) is 23.9. The molecule has 2 unspecified atom stereocenters. The average molecular weight is 396 g/mol. The number of carbonyl (C=O) groups excluding carboxylic acids is 1. The second kappa shape index (κ2) is 13.1. The Hall–Kier alpha value is -1.10. The molecule has 27 heavy (non-hydrogen) atoms. The van der Waals surface area contributed by atoms with Crippen molar-refractivity contribution in [3.05, 3.63) is 35.9 Å². The number of nitrogens with two attached hydrogens (primary N) is 1. The molecule has 0 bridgehead atoms. The van der Waals surface area contributed by atoms with Crippen molar-refractivity contribution in [1.82, 2.24) is 10.2 Å². The first-order valence-electron chi connectivity index (χ1n) is 10.4. The van der Waals surface area contributed by atoms with E-state index in [1.165, 1.54) is 37.9 Å². The lowest BCUT2D eigenvalue weighted by Gasteiger charge is -2.32. The number of hydrogen-bond donors (Lipinski definition) is 2. The molecule has 0 aliphatic carbocycles. The maximum absolute atomic E-state index is 11.9. The van der Waals surface area contributed by atoms with E-state index in [0.29, 0.717) is 0 Å². The number of amides is 1. The van der Waals surface area contributed by atoms with Gasteiger partial charge in [0, 0.05) is 6.54 Å². The first-order chi connectivity index (χ1) is 12.6. The van der Waals surface area contributed by atoms with E-state index >= 15 is 0 Å². The van der Waals surface area contributed by atoms with Crippen molar-refractivity contribution in [3.63, 3.8) is 0 Å². The maximum Gasteiger partial charge on any atom is 0.237 e. The topological polar surface area (TPSA) is 58.4 Å². The number of likely N-dealkylation sites (tertiary alicyclic amines) is 1. The fourth-order valence-corrected chi connectivity index (χ4v) is 3.66. The zero-order valence-corrected chi connectivity index (χ0v) is 17.8. The van der Waals surface area contributed by atoms with E-state index in [1.54, 1.807) is 0 Å². The number of piperidine rings is 1. The monoisotopic (exact) mass is 395 g/mol. The van der Waals surface area contributed by atoms with Crippen molar-refractivity contribution in [1.29, 1.82) is 0 Å². The molecule has 154 valence electrons. The molecule has 1 amide bonds.